The van der Waals surface area contributed by atoms with Gasteiger partial charge < -0.3 is 15.8 Å². The van der Waals surface area contributed by atoms with Crippen molar-refractivity contribution in [3.8, 4) is 0 Å². The molecule has 1 atom stereocenters. The molecule has 4 nitrogen and oxygen atoms in total. The molecule has 104 valence electrons. The molecule has 0 bridgehead atoms. The van der Waals surface area contributed by atoms with E-state index < -0.39 is 6.04 Å². The Morgan fingerprint density at radius 3 is 2.68 bits per heavy atom. The Labute approximate surface area is 114 Å². The van der Waals surface area contributed by atoms with E-state index in [1.54, 1.807) is 0 Å². The number of amides is 1. The second-order valence-electron chi connectivity index (χ2n) is 5.02. The Balaban J connectivity index is 1.72. The molecule has 0 aliphatic carbocycles. The van der Waals surface area contributed by atoms with Gasteiger partial charge >= 0.3 is 0 Å². The van der Waals surface area contributed by atoms with E-state index in [1.165, 1.54) is 0 Å². The van der Waals surface area contributed by atoms with Crippen LogP contribution in [0, 0.1) is 5.92 Å². The Morgan fingerprint density at radius 2 is 2.00 bits per heavy atom. The zero-order valence-corrected chi connectivity index (χ0v) is 11.2. The standard InChI is InChI=1S/C15H22N2O2/c16-14(13-4-2-1-3-5-13)15(18)17-9-6-12-7-10-19-11-8-12/h1-5,12,14H,6-11,16H2,(H,17,18). The minimum atomic E-state index is -0.573. The molecule has 2 rings (SSSR count). The molecule has 0 aromatic heterocycles. The predicted molar refractivity (Wildman–Crippen MR) is 74.5 cm³/mol. The third kappa shape index (κ3) is 4.33. The molecule has 0 spiro atoms. The van der Waals surface area contributed by atoms with Gasteiger partial charge in [-0.05, 0) is 30.7 Å². The van der Waals surface area contributed by atoms with Crippen molar-refractivity contribution in [2.24, 2.45) is 11.7 Å². The van der Waals surface area contributed by atoms with Crippen LogP contribution in [0.15, 0.2) is 30.3 Å². The van der Waals surface area contributed by atoms with E-state index in [0.29, 0.717) is 12.5 Å². The van der Waals surface area contributed by atoms with Gasteiger partial charge in [-0.25, -0.2) is 0 Å². The zero-order chi connectivity index (χ0) is 13.5. The summed E-state index contributed by atoms with van der Waals surface area (Å²) >= 11 is 0. The van der Waals surface area contributed by atoms with E-state index >= 15 is 0 Å². The maximum atomic E-state index is 11.9. The van der Waals surface area contributed by atoms with Crippen molar-refractivity contribution in [1.82, 2.24) is 5.32 Å². The van der Waals surface area contributed by atoms with Crippen LogP contribution in [0.5, 0.6) is 0 Å². The second-order valence-corrected chi connectivity index (χ2v) is 5.02. The fraction of sp³-hybridized carbons (Fsp3) is 0.533. The molecule has 1 aliphatic rings. The molecule has 4 heteroatoms. The fourth-order valence-corrected chi connectivity index (χ4v) is 2.36. The molecule has 1 aromatic carbocycles. The lowest BCUT2D eigenvalue weighted by Gasteiger charge is -2.22. The lowest BCUT2D eigenvalue weighted by molar-refractivity contribution is -0.122. The predicted octanol–water partition coefficient (Wildman–Crippen LogP) is 1.62. The molecular formula is C15H22N2O2. The quantitative estimate of drug-likeness (QED) is 0.847. The molecule has 1 heterocycles. The molecule has 0 saturated carbocycles. The Hall–Kier alpha value is -1.39. The molecule has 1 amide bonds. The van der Waals surface area contributed by atoms with Crippen LogP contribution in [-0.4, -0.2) is 25.7 Å². The molecule has 0 radical (unpaired) electrons. The van der Waals surface area contributed by atoms with Crippen molar-refractivity contribution in [2.75, 3.05) is 19.8 Å². The van der Waals surface area contributed by atoms with Crippen LogP contribution < -0.4 is 11.1 Å². The third-order valence-corrected chi connectivity index (χ3v) is 3.63. The van der Waals surface area contributed by atoms with E-state index in [9.17, 15) is 4.79 Å². The Kier molecular flexibility index (Phi) is 5.36. The van der Waals surface area contributed by atoms with Crippen LogP contribution in [0.1, 0.15) is 30.9 Å². The average Bonchev–Trinajstić information content (AvgIpc) is 2.48. The molecular weight excluding hydrogens is 240 g/mol. The Morgan fingerprint density at radius 1 is 1.32 bits per heavy atom. The van der Waals surface area contributed by atoms with Crippen molar-refractivity contribution in [2.45, 2.75) is 25.3 Å². The first-order valence-electron chi connectivity index (χ1n) is 6.93. The normalized spacial score (nSPS) is 17.9. The summed E-state index contributed by atoms with van der Waals surface area (Å²) in [7, 11) is 0. The van der Waals surface area contributed by atoms with Gasteiger partial charge in [0, 0.05) is 19.8 Å². The van der Waals surface area contributed by atoms with Crippen LogP contribution in [0.4, 0.5) is 0 Å². The van der Waals surface area contributed by atoms with Crippen molar-refractivity contribution in [3.05, 3.63) is 35.9 Å². The van der Waals surface area contributed by atoms with E-state index in [2.05, 4.69) is 5.32 Å². The number of hydrogen-bond donors (Lipinski definition) is 2. The maximum absolute atomic E-state index is 11.9. The van der Waals surface area contributed by atoms with Crippen LogP contribution >= 0.6 is 0 Å². The third-order valence-electron chi connectivity index (χ3n) is 3.63. The van der Waals surface area contributed by atoms with Gasteiger partial charge in [-0.15, -0.1) is 0 Å². The SMILES string of the molecule is NC(C(=O)NCCC1CCOCC1)c1ccccc1. The molecule has 1 unspecified atom stereocenters. The monoisotopic (exact) mass is 262 g/mol. The van der Waals surface area contributed by atoms with Gasteiger partial charge in [-0.1, -0.05) is 30.3 Å². The Bertz CT molecular complexity index is 388. The summed E-state index contributed by atoms with van der Waals surface area (Å²) in [5.74, 6) is 0.570. The van der Waals surface area contributed by atoms with Gasteiger partial charge in [-0.3, -0.25) is 4.79 Å². The van der Waals surface area contributed by atoms with Crippen LogP contribution in [-0.2, 0) is 9.53 Å². The number of hydrogen-bond acceptors (Lipinski definition) is 3. The summed E-state index contributed by atoms with van der Waals surface area (Å²) in [4.78, 5) is 11.9. The summed E-state index contributed by atoms with van der Waals surface area (Å²) in [6, 6.07) is 8.88. The smallest absolute Gasteiger partial charge is 0.241 e. The van der Waals surface area contributed by atoms with E-state index in [0.717, 1.165) is 38.0 Å². The summed E-state index contributed by atoms with van der Waals surface area (Å²) in [6.07, 6.45) is 3.21. The minimum absolute atomic E-state index is 0.0988. The number of carbonyl (C=O) groups excluding carboxylic acids is 1. The van der Waals surface area contributed by atoms with Gasteiger partial charge in [0.25, 0.3) is 0 Å². The van der Waals surface area contributed by atoms with Crippen molar-refractivity contribution < 1.29 is 9.53 Å². The van der Waals surface area contributed by atoms with Gasteiger partial charge in [0.2, 0.25) is 5.91 Å². The van der Waals surface area contributed by atoms with Gasteiger partial charge in [0.1, 0.15) is 6.04 Å². The number of rotatable bonds is 5. The van der Waals surface area contributed by atoms with Gasteiger partial charge in [-0.2, -0.15) is 0 Å². The van der Waals surface area contributed by atoms with Crippen LogP contribution in [0.25, 0.3) is 0 Å². The summed E-state index contributed by atoms with van der Waals surface area (Å²) in [5, 5.41) is 2.92. The maximum Gasteiger partial charge on any atom is 0.241 e. The summed E-state index contributed by atoms with van der Waals surface area (Å²) < 4.78 is 5.32. The summed E-state index contributed by atoms with van der Waals surface area (Å²) in [5.41, 5.74) is 6.78. The summed E-state index contributed by atoms with van der Waals surface area (Å²) in [6.45, 7) is 2.40. The minimum Gasteiger partial charge on any atom is -0.381 e. The van der Waals surface area contributed by atoms with Crippen molar-refractivity contribution in [3.63, 3.8) is 0 Å². The molecule has 1 fully saturated rings. The van der Waals surface area contributed by atoms with Crippen molar-refractivity contribution in [1.29, 1.82) is 0 Å². The first-order chi connectivity index (χ1) is 9.27. The number of benzene rings is 1. The first-order valence-corrected chi connectivity index (χ1v) is 6.93. The molecule has 1 aliphatic heterocycles. The average molecular weight is 262 g/mol. The highest BCUT2D eigenvalue weighted by molar-refractivity contribution is 5.82. The highest BCUT2D eigenvalue weighted by atomic mass is 16.5. The second kappa shape index (κ2) is 7.26. The van der Waals surface area contributed by atoms with Crippen molar-refractivity contribution >= 4 is 5.91 Å². The van der Waals surface area contributed by atoms with E-state index in [1.807, 2.05) is 30.3 Å². The highest BCUT2D eigenvalue weighted by Gasteiger charge is 2.17. The van der Waals surface area contributed by atoms with Crippen LogP contribution in [0.2, 0.25) is 0 Å². The number of nitrogens with two attached hydrogens (primary N) is 1. The fourth-order valence-electron chi connectivity index (χ4n) is 2.36. The lowest BCUT2D eigenvalue weighted by Crippen LogP contribution is -2.35. The first kappa shape index (κ1) is 14.0. The molecule has 1 aromatic rings. The van der Waals surface area contributed by atoms with Crippen LogP contribution in [0.3, 0.4) is 0 Å². The number of carbonyl (C=O) groups is 1. The van der Waals surface area contributed by atoms with E-state index in [-0.39, 0.29) is 5.91 Å². The van der Waals surface area contributed by atoms with Gasteiger partial charge in [0.05, 0.1) is 0 Å². The van der Waals surface area contributed by atoms with Gasteiger partial charge in [0.15, 0.2) is 0 Å². The molecule has 1 saturated heterocycles. The lowest BCUT2D eigenvalue weighted by atomic mass is 9.96. The zero-order valence-electron chi connectivity index (χ0n) is 11.2. The molecule has 19 heavy (non-hydrogen) atoms. The highest BCUT2D eigenvalue weighted by Crippen LogP contribution is 2.17. The molecule has 3 N–H and O–H groups in total. The largest absolute Gasteiger partial charge is 0.381 e. The number of ether oxygens (including phenoxy) is 1. The topological polar surface area (TPSA) is 64.4 Å². The van der Waals surface area contributed by atoms with E-state index in [4.69, 9.17) is 10.5 Å². The number of nitrogens with one attached hydrogen (secondary N) is 1.